The predicted octanol–water partition coefficient (Wildman–Crippen LogP) is 0.929. The van der Waals surface area contributed by atoms with E-state index in [1.54, 1.807) is 19.1 Å². The summed E-state index contributed by atoms with van der Waals surface area (Å²) in [5, 5.41) is 0. The Balaban J connectivity index is 2.01. The van der Waals surface area contributed by atoms with Crippen LogP contribution in [0.2, 0.25) is 0 Å². The molecule has 0 aliphatic heterocycles. The maximum absolute atomic E-state index is 12.2. The lowest BCUT2D eigenvalue weighted by molar-refractivity contribution is 0.340. The summed E-state index contributed by atoms with van der Waals surface area (Å²) in [4.78, 5) is 15.9. The van der Waals surface area contributed by atoms with Crippen molar-refractivity contribution in [3.8, 4) is 5.75 Å². The molecule has 124 valence electrons. The van der Waals surface area contributed by atoms with Gasteiger partial charge in [0, 0.05) is 24.8 Å². The molecule has 2 aromatic rings. The molecule has 7 nitrogen and oxygen atoms in total. The second kappa shape index (κ2) is 7.38. The summed E-state index contributed by atoms with van der Waals surface area (Å²) in [5.41, 5.74) is 0.335. The lowest BCUT2D eigenvalue weighted by Gasteiger charge is -2.09. The van der Waals surface area contributed by atoms with E-state index < -0.39 is 10.0 Å². The molecular weight excluding hydrogens is 318 g/mol. The minimum atomic E-state index is -3.63. The van der Waals surface area contributed by atoms with Crippen LogP contribution in [-0.2, 0) is 16.6 Å². The van der Waals surface area contributed by atoms with Crippen molar-refractivity contribution < 1.29 is 13.2 Å². The van der Waals surface area contributed by atoms with Gasteiger partial charge in [0.15, 0.2) is 0 Å². The minimum absolute atomic E-state index is 0.0978. The Morgan fingerprint density at radius 1 is 1.26 bits per heavy atom. The summed E-state index contributed by atoms with van der Waals surface area (Å²) in [6, 6.07) is 6.17. The van der Waals surface area contributed by atoms with Crippen LogP contribution in [0.5, 0.6) is 5.75 Å². The van der Waals surface area contributed by atoms with Crippen molar-refractivity contribution in [2.45, 2.75) is 25.3 Å². The third-order valence-electron chi connectivity index (χ3n) is 3.16. The van der Waals surface area contributed by atoms with Gasteiger partial charge in [0.1, 0.15) is 5.75 Å². The van der Waals surface area contributed by atoms with Crippen molar-refractivity contribution in [1.29, 1.82) is 0 Å². The number of benzene rings is 1. The first-order valence-electron chi connectivity index (χ1n) is 7.17. The maximum atomic E-state index is 12.2. The number of hydrogen-bond donors (Lipinski definition) is 1. The first kappa shape index (κ1) is 17.2. The van der Waals surface area contributed by atoms with Crippen LogP contribution >= 0.6 is 0 Å². The summed E-state index contributed by atoms with van der Waals surface area (Å²) >= 11 is 0. The van der Waals surface area contributed by atoms with Gasteiger partial charge < -0.3 is 4.74 Å². The molecule has 2 rings (SSSR count). The average molecular weight is 337 g/mol. The van der Waals surface area contributed by atoms with Crippen LogP contribution in [0.1, 0.15) is 12.5 Å². The fraction of sp³-hybridized carbons (Fsp3) is 0.333. The van der Waals surface area contributed by atoms with Crippen LogP contribution in [0.25, 0.3) is 0 Å². The number of hydrogen-bond acceptors (Lipinski definition) is 5. The Bertz CT molecular complexity index is 813. The fourth-order valence-corrected chi connectivity index (χ4v) is 3.01. The molecule has 0 bridgehead atoms. The number of aromatic nitrogens is 2. The van der Waals surface area contributed by atoms with E-state index in [4.69, 9.17) is 4.74 Å². The second-order valence-electron chi connectivity index (χ2n) is 4.88. The molecule has 0 saturated carbocycles. The highest BCUT2D eigenvalue weighted by molar-refractivity contribution is 7.89. The van der Waals surface area contributed by atoms with Gasteiger partial charge in [0.2, 0.25) is 10.0 Å². The van der Waals surface area contributed by atoms with E-state index in [2.05, 4.69) is 9.71 Å². The molecule has 1 heterocycles. The van der Waals surface area contributed by atoms with Gasteiger partial charge in [-0.05, 0) is 38.1 Å². The predicted molar refractivity (Wildman–Crippen MR) is 86.0 cm³/mol. The van der Waals surface area contributed by atoms with Crippen molar-refractivity contribution in [1.82, 2.24) is 14.3 Å². The molecule has 0 fully saturated rings. The zero-order valence-corrected chi connectivity index (χ0v) is 13.8. The molecule has 0 unspecified atom stereocenters. The van der Waals surface area contributed by atoms with Crippen LogP contribution in [0, 0.1) is 6.92 Å². The smallest absolute Gasteiger partial charge is 0.256 e. The van der Waals surface area contributed by atoms with E-state index in [1.807, 2.05) is 6.92 Å². The number of aryl methyl sites for hydroxylation is 1. The third kappa shape index (κ3) is 4.40. The van der Waals surface area contributed by atoms with Crippen molar-refractivity contribution in [2.24, 2.45) is 0 Å². The van der Waals surface area contributed by atoms with E-state index >= 15 is 0 Å². The number of ether oxygens (including phenoxy) is 1. The summed E-state index contributed by atoms with van der Waals surface area (Å²) < 4.78 is 33.5. The highest BCUT2D eigenvalue weighted by Crippen LogP contribution is 2.15. The molecule has 0 aliphatic rings. The Hall–Kier alpha value is -2.19. The Morgan fingerprint density at radius 3 is 2.61 bits per heavy atom. The van der Waals surface area contributed by atoms with E-state index in [-0.39, 0.29) is 23.5 Å². The quantitative estimate of drug-likeness (QED) is 0.812. The number of rotatable bonds is 7. The van der Waals surface area contributed by atoms with E-state index in [0.29, 0.717) is 17.9 Å². The highest BCUT2D eigenvalue weighted by atomic mass is 32.2. The summed E-state index contributed by atoms with van der Waals surface area (Å²) in [5.74, 6) is 0.615. The first-order chi connectivity index (χ1) is 10.9. The third-order valence-corrected chi connectivity index (χ3v) is 4.64. The molecule has 0 saturated heterocycles. The molecule has 1 N–H and O–H groups in total. The van der Waals surface area contributed by atoms with Gasteiger partial charge in [-0.1, -0.05) is 0 Å². The molecule has 1 aromatic carbocycles. The molecule has 23 heavy (non-hydrogen) atoms. The Labute approximate surface area is 135 Å². The first-order valence-corrected chi connectivity index (χ1v) is 8.66. The van der Waals surface area contributed by atoms with Gasteiger partial charge >= 0.3 is 0 Å². The van der Waals surface area contributed by atoms with Gasteiger partial charge in [0.25, 0.3) is 5.56 Å². The lowest BCUT2D eigenvalue weighted by atomic mass is 10.3. The molecular formula is C15H19N3O4S. The number of nitrogens with one attached hydrogen (secondary N) is 1. The molecule has 0 atom stereocenters. The number of sulfonamides is 1. The fourth-order valence-electron chi connectivity index (χ4n) is 1.98. The molecule has 0 spiro atoms. The SMILES string of the molecule is CCOc1ccc(S(=O)(=O)NCCn2cncc(C)c2=O)cc1. The van der Waals surface area contributed by atoms with Crippen molar-refractivity contribution in [3.05, 3.63) is 52.7 Å². The summed E-state index contributed by atoms with van der Waals surface area (Å²) in [6.07, 6.45) is 2.86. The van der Waals surface area contributed by atoms with Crippen LogP contribution in [0.3, 0.4) is 0 Å². The summed E-state index contributed by atoms with van der Waals surface area (Å²) in [7, 11) is -3.63. The zero-order valence-electron chi connectivity index (χ0n) is 13.0. The summed E-state index contributed by atoms with van der Waals surface area (Å²) in [6.45, 7) is 4.35. The largest absolute Gasteiger partial charge is 0.494 e. The average Bonchev–Trinajstić information content (AvgIpc) is 2.52. The Kier molecular flexibility index (Phi) is 5.51. The van der Waals surface area contributed by atoms with Crippen LogP contribution in [0.4, 0.5) is 0 Å². The Morgan fingerprint density at radius 2 is 1.96 bits per heavy atom. The van der Waals surface area contributed by atoms with Crippen LogP contribution in [0.15, 0.2) is 46.5 Å². The molecule has 8 heteroatoms. The van der Waals surface area contributed by atoms with Gasteiger partial charge in [-0.15, -0.1) is 0 Å². The molecule has 0 amide bonds. The topological polar surface area (TPSA) is 90.3 Å². The zero-order chi connectivity index (χ0) is 16.9. The monoisotopic (exact) mass is 337 g/mol. The van der Waals surface area contributed by atoms with Gasteiger partial charge in [-0.3, -0.25) is 9.36 Å². The maximum Gasteiger partial charge on any atom is 0.256 e. The molecule has 0 radical (unpaired) electrons. The normalized spacial score (nSPS) is 11.4. The minimum Gasteiger partial charge on any atom is -0.494 e. The van der Waals surface area contributed by atoms with Crippen LogP contribution < -0.4 is 15.0 Å². The standard InChI is InChI=1S/C15H19N3O4S/c1-3-22-13-4-6-14(7-5-13)23(20,21)17-8-9-18-11-16-10-12(2)15(18)19/h4-7,10-11,17H,3,8-9H2,1-2H3. The molecule has 1 aromatic heterocycles. The van der Waals surface area contributed by atoms with Crippen molar-refractivity contribution in [3.63, 3.8) is 0 Å². The highest BCUT2D eigenvalue weighted by Gasteiger charge is 2.13. The van der Waals surface area contributed by atoms with Crippen molar-refractivity contribution >= 4 is 10.0 Å². The van der Waals surface area contributed by atoms with Gasteiger partial charge in [-0.2, -0.15) is 0 Å². The second-order valence-corrected chi connectivity index (χ2v) is 6.64. The van der Waals surface area contributed by atoms with E-state index in [0.717, 1.165) is 0 Å². The number of nitrogens with zero attached hydrogens (tertiary/aromatic N) is 2. The van der Waals surface area contributed by atoms with Crippen molar-refractivity contribution in [2.75, 3.05) is 13.2 Å². The lowest BCUT2D eigenvalue weighted by Crippen LogP contribution is -2.31. The van der Waals surface area contributed by atoms with E-state index in [1.165, 1.54) is 29.2 Å². The van der Waals surface area contributed by atoms with Crippen LogP contribution in [-0.4, -0.2) is 31.1 Å². The van der Waals surface area contributed by atoms with Gasteiger partial charge in [0.05, 0.1) is 17.8 Å². The van der Waals surface area contributed by atoms with E-state index in [9.17, 15) is 13.2 Å². The van der Waals surface area contributed by atoms with Gasteiger partial charge in [-0.25, -0.2) is 18.1 Å². The molecule has 0 aliphatic carbocycles.